The molecule has 0 aromatic rings. The summed E-state index contributed by atoms with van der Waals surface area (Å²) < 4.78 is 18.9. The Morgan fingerprint density at radius 2 is 2.00 bits per heavy atom. The van der Waals surface area contributed by atoms with Crippen molar-refractivity contribution in [3.8, 4) is 0 Å². The Morgan fingerprint density at radius 1 is 1.25 bits per heavy atom. The molecular formula is C10H17FO. The van der Waals surface area contributed by atoms with Crippen molar-refractivity contribution in [1.82, 2.24) is 0 Å². The van der Waals surface area contributed by atoms with Crippen molar-refractivity contribution < 1.29 is 9.13 Å². The molecule has 0 spiro atoms. The summed E-state index contributed by atoms with van der Waals surface area (Å²) in [4.78, 5) is 0. The Kier molecular flexibility index (Phi) is 2.35. The van der Waals surface area contributed by atoms with Gasteiger partial charge >= 0.3 is 0 Å². The molecule has 1 nitrogen and oxygen atoms in total. The molecule has 1 aliphatic carbocycles. The second-order valence-corrected chi connectivity index (χ2v) is 4.20. The first kappa shape index (κ1) is 8.49. The minimum Gasteiger partial charge on any atom is -0.378 e. The van der Waals surface area contributed by atoms with Gasteiger partial charge in [0.15, 0.2) is 0 Å². The van der Waals surface area contributed by atoms with Crippen LogP contribution in [-0.4, -0.2) is 18.9 Å². The third-order valence-corrected chi connectivity index (χ3v) is 3.38. The molecule has 2 aliphatic rings. The first-order valence-electron chi connectivity index (χ1n) is 5.04. The van der Waals surface area contributed by atoms with E-state index in [1.165, 1.54) is 6.42 Å². The van der Waals surface area contributed by atoms with Crippen molar-refractivity contribution in [3.05, 3.63) is 0 Å². The summed E-state index contributed by atoms with van der Waals surface area (Å²) in [6.45, 7) is 3.01. The fourth-order valence-electron chi connectivity index (χ4n) is 2.53. The van der Waals surface area contributed by atoms with Crippen molar-refractivity contribution in [2.24, 2.45) is 11.8 Å². The molecule has 2 rings (SSSR count). The van der Waals surface area contributed by atoms with Gasteiger partial charge in [0.05, 0.1) is 6.10 Å². The highest BCUT2D eigenvalue weighted by molar-refractivity contribution is 4.88. The topological polar surface area (TPSA) is 9.23 Å². The maximum absolute atomic E-state index is 13.5. The van der Waals surface area contributed by atoms with Crippen molar-refractivity contribution in [1.29, 1.82) is 0 Å². The van der Waals surface area contributed by atoms with Gasteiger partial charge in [0.1, 0.15) is 6.17 Å². The lowest BCUT2D eigenvalue weighted by molar-refractivity contribution is -0.124. The van der Waals surface area contributed by atoms with Gasteiger partial charge in [-0.25, -0.2) is 4.39 Å². The maximum atomic E-state index is 13.5. The van der Waals surface area contributed by atoms with Gasteiger partial charge in [0, 0.05) is 12.5 Å². The first-order chi connectivity index (χ1) is 5.79. The number of halogens is 1. The van der Waals surface area contributed by atoms with Crippen LogP contribution in [0.3, 0.4) is 0 Å². The molecule has 1 aliphatic heterocycles. The van der Waals surface area contributed by atoms with Gasteiger partial charge in [-0.3, -0.25) is 0 Å². The van der Waals surface area contributed by atoms with Gasteiger partial charge in [-0.05, 0) is 18.8 Å². The van der Waals surface area contributed by atoms with Crippen LogP contribution in [0.1, 0.15) is 32.6 Å². The molecule has 0 aromatic heterocycles. The van der Waals surface area contributed by atoms with E-state index in [-0.39, 0.29) is 12.0 Å². The normalized spacial score (nSPS) is 48.5. The smallest absolute Gasteiger partial charge is 0.106 e. The van der Waals surface area contributed by atoms with Gasteiger partial charge in [-0.15, -0.1) is 0 Å². The maximum Gasteiger partial charge on any atom is 0.106 e. The average molecular weight is 172 g/mol. The molecule has 4 atom stereocenters. The molecule has 0 amide bonds. The molecule has 1 saturated carbocycles. The quantitative estimate of drug-likeness (QED) is 0.590. The van der Waals surface area contributed by atoms with Gasteiger partial charge in [0.25, 0.3) is 0 Å². The summed E-state index contributed by atoms with van der Waals surface area (Å²) in [5.74, 6) is 0.728. The minimum absolute atomic E-state index is 0.201. The summed E-state index contributed by atoms with van der Waals surface area (Å²) in [6, 6.07) is 0. The van der Waals surface area contributed by atoms with Crippen LogP contribution in [0.2, 0.25) is 0 Å². The second-order valence-electron chi connectivity index (χ2n) is 4.20. The van der Waals surface area contributed by atoms with E-state index in [1.807, 2.05) is 0 Å². The van der Waals surface area contributed by atoms with E-state index in [9.17, 15) is 4.39 Å². The van der Waals surface area contributed by atoms with Gasteiger partial charge < -0.3 is 4.74 Å². The van der Waals surface area contributed by atoms with Crippen LogP contribution < -0.4 is 0 Å². The van der Waals surface area contributed by atoms with Crippen LogP contribution in [0.4, 0.5) is 4.39 Å². The molecule has 0 aromatic carbocycles. The minimum atomic E-state index is -0.598. The summed E-state index contributed by atoms with van der Waals surface area (Å²) in [6.07, 6.45) is 3.73. The van der Waals surface area contributed by atoms with E-state index in [4.69, 9.17) is 4.74 Å². The van der Waals surface area contributed by atoms with E-state index >= 15 is 0 Å². The highest BCUT2D eigenvalue weighted by Gasteiger charge is 2.39. The van der Waals surface area contributed by atoms with Crippen LogP contribution in [0, 0.1) is 11.8 Å². The van der Waals surface area contributed by atoms with E-state index < -0.39 is 6.17 Å². The van der Waals surface area contributed by atoms with Crippen LogP contribution in [0.15, 0.2) is 0 Å². The van der Waals surface area contributed by atoms with E-state index in [0.717, 1.165) is 25.9 Å². The first-order valence-corrected chi connectivity index (χ1v) is 5.04. The molecule has 2 heteroatoms. The molecule has 3 unspecified atom stereocenters. The van der Waals surface area contributed by atoms with Gasteiger partial charge in [0.2, 0.25) is 0 Å². The fourth-order valence-corrected chi connectivity index (χ4v) is 2.53. The van der Waals surface area contributed by atoms with E-state index in [0.29, 0.717) is 5.92 Å². The van der Waals surface area contributed by atoms with Crippen LogP contribution >= 0.6 is 0 Å². The fraction of sp³-hybridized carbons (Fsp3) is 1.00. The molecule has 0 bridgehead atoms. The zero-order valence-electron chi connectivity index (χ0n) is 7.63. The number of rotatable bonds is 1. The summed E-state index contributed by atoms with van der Waals surface area (Å²) in [5.41, 5.74) is 0. The molecule has 2 fully saturated rings. The van der Waals surface area contributed by atoms with Crippen LogP contribution in [0.25, 0.3) is 0 Å². The molecule has 70 valence electrons. The lowest BCUT2D eigenvalue weighted by Crippen LogP contribution is -2.44. The Bertz CT molecular complexity index is 143. The van der Waals surface area contributed by atoms with Crippen molar-refractivity contribution in [3.63, 3.8) is 0 Å². The van der Waals surface area contributed by atoms with Crippen LogP contribution in [-0.2, 0) is 4.74 Å². The Labute approximate surface area is 73.3 Å². The highest BCUT2D eigenvalue weighted by Crippen LogP contribution is 2.38. The number of hydrogen-bond acceptors (Lipinski definition) is 1. The highest BCUT2D eigenvalue weighted by atomic mass is 19.1. The number of ether oxygens (including phenoxy) is 1. The Morgan fingerprint density at radius 3 is 2.50 bits per heavy atom. The van der Waals surface area contributed by atoms with Crippen molar-refractivity contribution >= 4 is 0 Å². The van der Waals surface area contributed by atoms with Crippen LogP contribution in [0.5, 0.6) is 0 Å². The second kappa shape index (κ2) is 3.33. The van der Waals surface area contributed by atoms with Gasteiger partial charge in [-0.2, -0.15) is 0 Å². The third-order valence-electron chi connectivity index (χ3n) is 3.38. The molecular weight excluding hydrogens is 155 g/mol. The molecule has 1 heterocycles. The molecule has 0 N–H and O–H groups in total. The summed E-state index contributed by atoms with van der Waals surface area (Å²) >= 11 is 0. The zero-order chi connectivity index (χ0) is 8.55. The summed E-state index contributed by atoms with van der Waals surface area (Å²) in [5, 5.41) is 0. The molecule has 1 saturated heterocycles. The number of hydrogen-bond donors (Lipinski definition) is 0. The summed E-state index contributed by atoms with van der Waals surface area (Å²) in [7, 11) is 0. The van der Waals surface area contributed by atoms with Gasteiger partial charge in [-0.1, -0.05) is 19.8 Å². The van der Waals surface area contributed by atoms with Crippen molar-refractivity contribution in [2.45, 2.75) is 44.9 Å². The third kappa shape index (κ3) is 1.37. The Balaban J connectivity index is 1.97. The number of alkyl halides is 1. The average Bonchev–Trinajstić information content (AvgIpc) is 1.93. The zero-order valence-corrected chi connectivity index (χ0v) is 7.63. The predicted molar refractivity (Wildman–Crippen MR) is 45.8 cm³/mol. The van der Waals surface area contributed by atoms with E-state index in [2.05, 4.69) is 6.92 Å². The predicted octanol–water partition coefficient (Wildman–Crippen LogP) is 2.55. The lowest BCUT2D eigenvalue weighted by atomic mass is 9.74. The largest absolute Gasteiger partial charge is 0.378 e. The Hall–Kier alpha value is -0.110. The molecule has 12 heavy (non-hydrogen) atoms. The monoisotopic (exact) mass is 172 g/mol. The standard InChI is InChI=1S/C10H17FO/c1-7-3-2-4-8(11)10(7)9-5-6-12-9/h7-10H,2-6H2,1H3/t7?,8-,9?,10?/m0/s1. The lowest BCUT2D eigenvalue weighted by Gasteiger charge is -2.41. The SMILES string of the molecule is CC1CCC[C@H](F)C1C1CCO1. The van der Waals surface area contributed by atoms with Crippen molar-refractivity contribution in [2.75, 3.05) is 6.61 Å². The molecule has 0 radical (unpaired) electrons. The van der Waals surface area contributed by atoms with E-state index in [1.54, 1.807) is 0 Å².